The Hall–Kier alpha value is -2.61. The summed E-state index contributed by atoms with van der Waals surface area (Å²) in [5, 5.41) is 1.19. The summed E-state index contributed by atoms with van der Waals surface area (Å²) < 4.78 is 6.06. The van der Waals surface area contributed by atoms with Gasteiger partial charge in [-0.2, -0.15) is 0 Å². The number of rotatable bonds is 3. The van der Waals surface area contributed by atoms with Gasteiger partial charge in [-0.05, 0) is 42.0 Å². The second-order valence-electron chi connectivity index (χ2n) is 5.63. The molecule has 0 saturated carbocycles. The SMILES string of the molecule is C=NCC1=CCCc2oc3ccc(-c4ccccc4)cc3c21. The van der Waals surface area contributed by atoms with E-state index in [9.17, 15) is 0 Å². The number of furan rings is 1. The predicted molar refractivity (Wildman–Crippen MR) is 92.4 cm³/mol. The highest BCUT2D eigenvalue weighted by Crippen LogP contribution is 2.37. The second-order valence-corrected chi connectivity index (χ2v) is 5.63. The van der Waals surface area contributed by atoms with Gasteiger partial charge in [0.05, 0.1) is 6.54 Å². The van der Waals surface area contributed by atoms with Crippen LogP contribution in [0.15, 0.2) is 64.0 Å². The van der Waals surface area contributed by atoms with Crippen molar-refractivity contribution in [2.24, 2.45) is 4.99 Å². The van der Waals surface area contributed by atoms with Gasteiger partial charge in [0.1, 0.15) is 11.3 Å². The van der Waals surface area contributed by atoms with E-state index in [-0.39, 0.29) is 0 Å². The third-order valence-electron chi connectivity index (χ3n) is 4.23. The van der Waals surface area contributed by atoms with Crippen LogP contribution in [0.2, 0.25) is 0 Å². The van der Waals surface area contributed by atoms with E-state index in [2.05, 4.69) is 60.3 Å². The fourth-order valence-corrected chi connectivity index (χ4v) is 3.23. The van der Waals surface area contributed by atoms with Crippen molar-refractivity contribution in [1.82, 2.24) is 0 Å². The van der Waals surface area contributed by atoms with E-state index in [0.717, 1.165) is 24.2 Å². The average molecular weight is 287 g/mol. The minimum atomic E-state index is 0.650. The molecule has 0 atom stereocenters. The van der Waals surface area contributed by atoms with E-state index in [0.29, 0.717) is 6.54 Å². The Morgan fingerprint density at radius 3 is 2.73 bits per heavy atom. The van der Waals surface area contributed by atoms with Gasteiger partial charge in [-0.15, -0.1) is 0 Å². The summed E-state index contributed by atoms with van der Waals surface area (Å²) >= 11 is 0. The summed E-state index contributed by atoms with van der Waals surface area (Å²) in [7, 11) is 0. The molecule has 2 aromatic carbocycles. The van der Waals surface area contributed by atoms with Crippen LogP contribution in [-0.4, -0.2) is 13.3 Å². The van der Waals surface area contributed by atoms with Gasteiger partial charge in [0.2, 0.25) is 0 Å². The highest BCUT2D eigenvalue weighted by atomic mass is 16.3. The quantitative estimate of drug-likeness (QED) is 0.613. The van der Waals surface area contributed by atoms with Gasteiger partial charge in [0, 0.05) is 17.4 Å². The molecule has 0 bridgehead atoms. The van der Waals surface area contributed by atoms with Crippen molar-refractivity contribution in [1.29, 1.82) is 0 Å². The Balaban J connectivity index is 1.92. The molecule has 1 heterocycles. The molecule has 0 N–H and O–H groups in total. The smallest absolute Gasteiger partial charge is 0.134 e. The summed E-state index contributed by atoms with van der Waals surface area (Å²) in [6.07, 6.45) is 4.25. The molecule has 0 amide bonds. The first-order valence-corrected chi connectivity index (χ1v) is 7.59. The molecule has 0 unspecified atom stereocenters. The summed E-state index contributed by atoms with van der Waals surface area (Å²) in [6.45, 7) is 4.29. The molecule has 108 valence electrons. The number of aryl methyl sites for hydroxylation is 1. The monoisotopic (exact) mass is 287 g/mol. The summed E-state index contributed by atoms with van der Waals surface area (Å²) in [6, 6.07) is 16.9. The lowest BCUT2D eigenvalue weighted by Crippen LogP contribution is -1.99. The van der Waals surface area contributed by atoms with Crippen LogP contribution in [0.25, 0.3) is 27.7 Å². The molecule has 2 heteroatoms. The van der Waals surface area contributed by atoms with Crippen molar-refractivity contribution < 1.29 is 4.42 Å². The molecule has 22 heavy (non-hydrogen) atoms. The molecule has 0 fully saturated rings. The number of benzene rings is 2. The average Bonchev–Trinajstić information content (AvgIpc) is 2.94. The van der Waals surface area contributed by atoms with E-state index < -0.39 is 0 Å². The summed E-state index contributed by atoms with van der Waals surface area (Å²) in [5.41, 5.74) is 5.86. The number of nitrogens with zero attached hydrogens (tertiary/aromatic N) is 1. The molecular formula is C20H17NO. The van der Waals surface area contributed by atoms with Gasteiger partial charge in [-0.1, -0.05) is 42.5 Å². The van der Waals surface area contributed by atoms with Gasteiger partial charge < -0.3 is 4.42 Å². The zero-order chi connectivity index (χ0) is 14.9. The van der Waals surface area contributed by atoms with E-state index >= 15 is 0 Å². The third-order valence-corrected chi connectivity index (χ3v) is 4.23. The van der Waals surface area contributed by atoms with Crippen LogP contribution in [0.5, 0.6) is 0 Å². The lowest BCUT2D eigenvalue weighted by atomic mass is 9.93. The highest BCUT2D eigenvalue weighted by molar-refractivity contribution is 5.96. The fourth-order valence-electron chi connectivity index (χ4n) is 3.23. The van der Waals surface area contributed by atoms with E-state index in [4.69, 9.17) is 4.42 Å². The van der Waals surface area contributed by atoms with Gasteiger partial charge >= 0.3 is 0 Å². The lowest BCUT2D eigenvalue weighted by molar-refractivity contribution is 0.545. The largest absolute Gasteiger partial charge is 0.460 e. The number of hydrogen-bond acceptors (Lipinski definition) is 2. The topological polar surface area (TPSA) is 25.5 Å². The van der Waals surface area contributed by atoms with Crippen LogP contribution < -0.4 is 0 Å². The molecule has 2 nitrogen and oxygen atoms in total. The van der Waals surface area contributed by atoms with Gasteiger partial charge in [-0.25, -0.2) is 0 Å². The normalized spacial score (nSPS) is 13.7. The van der Waals surface area contributed by atoms with Gasteiger partial charge in [0.25, 0.3) is 0 Å². The second kappa shape index (κ2) is 5.30. The summed E-state index contributed by atoms with van der Waals surface area (Å²) in [4.78, 5) is 4.07. The number of fused-ring (bicyclic) bond motifs is 3. The Morgan fingerprint density at radius 2 is 1.91 bits per heavy atom. The first-order valence-electron chi connectivity index (χ1n) is 7.59. The van der Waals surface area contributed by atoms with Crippen molar-refractivity contribution in [3.63, 3.8) is 0 Å². The standard InChI is InChI=1S/C20H17NO/c1-21-13-16-8-5-9-19-20(16)17-12-15(10-11-18(17)22-19)14-6-3-2-4-7-14/h2-4,6-8,10-12H,1,5,9,13H2. The minimum Gasteiger partial charge on any atom is -0.460 e. The van der Waals surface area contributed by atoms with Crippen LogP contribution in [0, 0.1) is 0 Å². The van der Waals surface area contributed by atoms with Crippen LogP contribution in [-0.2, 0) is 6.42 Å². The number of hydrogen-bond donors (Lipinski definition) is 0. The third kappa shape index (κ3) is 2.08. The van der Waals surface area contributed by atoms with Crippen LogP contribution in [0.3, 0.4) is 0 Å². The molecule has 0 saturated heterocycles. The Labute approximate surface area is 129 Å². The van der Waals surface area contributed by atoms with Gasteiger partial charge in [0.15, 0.2) is 0 Å². The van der Waals surface area contributed by atoms with Crippen molar-refractivity contribution in [3.8, 4) is 11.1 Å². The number of aliphatic imine (C=N–C) groups is 1. The summed E-state index contributed by atoms with van der Waals surface area (Å²) in [5.74, 6) is 1.08. The predicted octanol–water partition coefficient (Wildman–Crippen LogP) is 5.13. The molecule has 3 aromatic rings. The maximum atomic E-state index is 6.06. The Morgan fingerprint density at radius 1 is 1.05 bits per heavy atom. The molecule has 0 aliphatic heterocycles. The molecule has 4 rings (SSSR count). The zero-order valence-electron chi connectivity index (χ0n) is 12.4. The van der Waals surface area contributed by atoms with Crippen molar-refractivity contribution in [3.05, 3.63) is 65.9 Å². The van der Waals surface area contributed by atoms with Crippen molar-refractivity contribution in [2.45, 2.75) is 12.8 Å². The van der Waals surface area contributed by atoms with E-state index in [1.807, 2.05) is 6.07 Å². The minimum absolute atomic E-state index is 0.650. The molecule has 1 aliphatic carbocycles. The molecule has 0 radical (unpaired) electrons. The molecular weight excluding hydrogens is 270 g/mol. The number of allylic oxidation sites excluding steroid dienone is 1. The Bertz CT molecular complexity index is 871. The molecule has 0 spiro atoms. The van der Waals surface area contributed by atoms with Crippen LogP contribution in [0.4, 0.5) is 0 Å². The zero-order valence-corrected chi connectivity index (χ0v) is 12.4. The highest BCUT2D eigenvalue weighted by Gasteiger charge is 2.20. The van der Waals surface area contributed by atoms with Crippen molar-refractivity contribution >= 4 is 23.3 Å². The Kier molecular flexibility index (Phi) is 3.15. The fraction of sp³-hybridized carbons (Fsp3) is 0.150. The van der Waals surface area contributed by atoms with Gasteiger partial charge in [-0.3, -0.25) is 4.99 Å². The maximum absolute atomic E-state index is 6.06. The van der Waals surface area contributed by atoms with Crippen LogP contribution in [0.1, 0.15) is 17.7 Å². The van der Waals surface area contributed by atoms with Crippen LogP contribution >= 0.6 is 0 Å². The van der Waals surface area contributed by atoms with E-state index in [1.165, 1.54) is 27.6 Å². The first kappa shape index (κ1) is 13.1. The maximum Gasteiger partial charge on any atom is 0.134 e. The van der Waals surface area contributed by atoms with E-state index in [1.54, 1.807) is 0 Å². The molecule has 1 aliphatic rings. The van der Waals surface area contributed by atoms with Crippen molar-refractivity contribution in [2.75, 3.05) is 6.54 Å². The molecule has 1 aromatic heterocycles. The lowest BCUT2D eigenvalue weighted by Gasteiger charge is -2.11. The first-order chi connectivity index (χ1) is 10.9.